The van der Waals surface area contributed by atoms with Crippen LogP contribution in [-0.4, -0.2) is 37.8 Å². The van der Waals surface area contributed by atoms with Crippen LogP contribution in [0.3, 0.4) is 0 Å². The number of anilines is 1. The molecule has 2 aromatic heterocycles. The van der Waals surface area contributed by atoms with Crippen molar-refractivity contribution in [1.29, 1.82) is 0 Å². The van der Waals surface area contributed by atoms with Crippen LogP contribution < -0.4 is 10.1 Å². The number of phenolic OH excluding ortho intramolecular Hbond substituents is 1. The van der Waals surface area contributed by atoms with Crippen LogP contribution in [0.4, 0.5) is 15.9 Å². The molecule has 34 heavy (non-hydrogen) atoms. The number of fused-ring (bicyclic) bond motifs is 3. The molecule has 10 heteroatoms. The van der Waals surface area contributed by atoms with E-state index in [2.05, 4.69) is 61.6 Å². The summed E-state index contributed by atoms with van der Waals surface area (Å²) >= 11 is 2.09. The predicted octanol–water partition coefficient (Wildman–Crippen LogP) is 5.28. The summed E-state index contributed by atoms with van der Waals surface area (Å²) in [6.07, 6.45) is 0.621. The van der Waals surface area contributed by atoms with Crippen LogP contribution in [0.2, 0.25) is 0 Å². The largest absolute Gasteiger partial charge is 0.507 e. The maximum atomic E-state index is 13.9. The minimum atomic E-state index is -0.517. The van der Waals surface area contributed by atoms with E-state index in [4.69, 9.17) is 11.3 Å². The van der Waals surface area contributed by atoms with Crippen LogP contribution >= 0.6 is 22.6 Å². The molecule has 5 rings (SSSR count). The molecule has 0 aliphatic carbocycles. The van der Waals surface area contributed by atoms with E-state index < -0.39 is 5.82 Å². The molecule has 0 spiro atoms. The standard InChI is InChI=1S/C24H20FIN6O2/c1-24(2)12-34-23-29-19-20(30-22(26)31-21(19)32(23)24)28-7-6-13-4-5-18(33)17(8-13)14-9-15(25)11-16(10-14)27-3/h4-5,8-11,33H,6-7,12H2,1-2H3,(H,28,30,31). The van der Waals surface area contributed by atoms with Gasteiger partial charge in [0.15, 0.2) is 26.5 Å². The van der Waals surface area contributed by atoms with Crippen LogP contribution in [0.1, 0.15) is 19.4 Å². The molecule has 4 aromatic rings. The quantitative estimate of drug-likeness (QED) is 0.193. The highest BCUT2D eigenvalue weighted by Crippen LogP contribution is 2.36. The second-order valence-corrected chi connectivity index (χ2v) is 9.65. The predicted molar refractivity (Wildman–Crippen MR) is 135 cm³/mol. The van der Waals surface area contributed by atoms with Gasteiger partial charge in [-0.1, -0.05) is 6.07 Å². The molecule has 2 N–H and O–H groups in total. The molecule has 0 atom stereocenters. The van der Waals surface area contributed by atoms with Gasteiger partial charge in [-0.05, 0) is 61.7 Å². The molecule has 172 valence electrons. The van der Waals surface area contributed by atoms with E-state index in [-0.39, 0.29) is 17.0 Å². The zero-order chi connectivity index (χ0) is 24.0. The number of aromatic nitrogens is 4. The van der Waals surface area contributed by atoms with Gasteiger partial charge in [-0.15, -0.1) is 0 Å². The average molecular weight is 570 g/mol. The second kappa shape index (κ2) is 8.39. The molecule has 1 aliphatic rings. The van der Waals surface area contributed by atoms with Crippen molar-refractivity contribution in [3.63, 3.8) is 0 Å². The lowest BCUT2D eigenvalue weighted by atomic mass is 10.00. The summed E-state index contributed by atoms with van der Waals surface area (Å²) in [4.78, 5) is 17.0. The SMILES string of the molecule is [C-]#[N+]c1cc(F)cc(-c2cc(CCNc3nc(I)nc4c3nc3n4C(C)(C)CO3)ccc2O)c1. The Balaban J connectivity index is 1.39. The fourth-order valence-corrected chi connectivity index (χ4v) is 4.54. The Hall–Kier alpha value is -3.46. The highest BCUT2D eigenvalue weighted by Gasteiger charge is 2.36. The second-order valence-electron chi connectivity index (χ2n) is 8.68. The van der Waals surface area contributed by atoms with Crippen molar-refractivity contribution >= 4 is 45.3 Å². The van der Waals surface area contributed by atoms with Crippen molar-refractivity contribution in [2.45, 2.75) is 25.8 Å². The van der Waals surface area contributed by atoms with Crippen molar-refractivity contribution in [3.05, 3.63) is 63.0 Å². The number of ether oxygens (including phenoxy) is 1. The molecule has 3 heterocycles. The van der Waals surface area contributed by atoms with Crippen molar-refractivity contribution in [1.82, 2.24) is 19.5 Å². The molecular weight excluding hydrogens is 550 g/mol. The molecule has 8 nitrogen and oxygen atoms in total. The Morgan fingerprint density at radius 3 is 2.85 bits per heavy atom. The Kier molecular flexibility index (Phi) is 5.51. The van der Waals surface area contributed by atoms with Crippen LogP contribution in [0, 0.1) is 16.2 Å². The number of halogens is 2. The van der Waals surface area contributed by atoms with E-state index in [0.29, 0.717) is 51.9 Å². The van der Waals surface area contributed by atoms with Gasteiger partial charge in [0.2, 0.25) is 0 Å². The van der Waals surface area contributed by atoms with Gasteiger partial charge in [0.05, 0.1) is 12.1 Å². The normalized spacial score (nSPS) is 14.0. The Bertz CT molecular complexity index is 1480. The summed E-state index contributed by atoms with van der Waals surface area (Å²) in [5.74, 6) is 0.137. The third kappa shape index (κ3) is 4.00. The van der Waals surface area contributed by atoms with E-state index >= 15 is 0 Å². The molecule has 1 aliphatic heterocycles. The van der Waals surface area contributed by atoms with Crippen molar-refractivity contribution in [2.75, 3.05) is 18.5 Å². The fraction of sp³-hybridized carbons (Fsp3) is 0.250. The van der Waals surface area contributed by atoms with Crippen LogP contribution in [0.15, 0.2) is 36.4 Å². The zero-order valence-electron chi connectivity index (χ0n) is 18.4. The molecule has 0 saturated heterocycles. The van der Waals surface area contributed by atoms with E-state index in [1.54, 1.807) is 18.2 Å². The summed E-state index contributed by atoms with van der Waals surface area (Å²) in [7, 11) is 0. The third-order valence-corrected chi connectivity index (χ3v) is 6.18. The minimum absolute atomic E-state index is 0.0282. The van der Waals surface area contributed by atoms with Gasteiger partial charge in [0.1, 0.15) is 18.2 Å². The monoisotopic (exact) mass is 570 g/mol. The number of phenols is 1. The third-order valence-electron chi connectivity index (χ3n) is 5.70. The molecule has 2 aromatic carbocycles. The van der Waals surface area contributed by atoms with Gasteiger partial charge in [-0.25, -0.2) is 19.2 Å². The first-order valence-electron chi connectivity index (χ1n) is 10.6. The Labute approximate surface area is 208 Å². The summed E-state index contributed by atoms with van der Waals surface area (Å²) in [5, 5.41) is 13.7. The molecular formula is C24H20FIN6O2. The molecule has 0 radical (unpaired) electrons. The zero-order valence-corrected chi connectivity index (χ0v) is 20.6. The molecule has 0 bridgehead atoms. The highest BCUT2D eigenvalue weighted by molar-refractivity contribution is 14.1. The van der Waals surface area contributed by atoms with Crippen molar-refractivity contribution < 1.29 is 14.2 Å². The maximum absolute atomic E-state index is 13.9. The number of nitrogens with one attached hydrogen (secondary N) is 1. The number of hydrogen-bond donors (Lipinski definition) is 2. The van der Waals surface area contributed by atoms with E-state index in [1.165, 1.54) is 12.1 Å². The van der Waals surface area contributed by atoms with Gasteiger partial charge >= 0.3 is 0 Å². The summed E-state index contributed by atoms with van der Waals surface area (Å²) < 4.78 is 22.3. The van der Waals surface area contributed by atoms with E-state index in [1.807, 2.05) is 10.6 Å². The molecule has 0 saturated carbocycles. The van der Waals surface area contributed by atoms with Gasteiger partial charge in [0.25, 0.3) is 6.01 Å². The Morgan fingerprint density at radius 2 is 2.06 bits per heavy atom. The number of imidazole rings is 1. The maximum Gasteiger partial charge on any atom is 0.299 e. The van der Waals surface area contributed by atoms with Crippen molar-refractivity contribution in [2.24, 2.45) is 0 Å². The summed E-state index contributed by atoms with van der Waals surface area (Å²) in [6, 6.07) is 9.79. The number of benzene rings is 2. The van der Waals surface area contributed by atoms with Crippen LogP contribution in [-0.2, 0) is 12.0 Å². The minimum Gasteiger partial charge on any atom is -0.507 e. The lowest BCUT2D eigenvalue weighted by molar-refractivity contribution is 0.268. The average Bonchev–Trinajstić information content (AvgIpc) is 3.31. The first-order chi connectivity index (χ1) is 16.2. The van der Waals surface area contributed by atoms with Gasteiger partial charge < -0.3 is 15.2 Å². The Morgan fingerprint density at radius 1 is 1.24 bits per heavy atom. The van der Waals surface area contributed by atoms with Gasteiger partial charge in [-0.2, -0.15) is 4.98 Å². The first-order valence-corrected chi connectivity index (χ1v) is 11.7. The lowest BCUT2D eigenvalue weighted by Gasteiger charge is -2.18. The van der Waals surface area contributed by atoms with E-state index in [0.717, 1.165) is 11.2 Å². The van der Waals surface area contributed by atoms with Crippen LogP contribution in [0.25, 0.3) is 27.1 Å². The molecule has 0 amide bonds. The van der Waals surface area contributed by atoms with Crippen LogP contribution in [0.5, 0.6) is 11.8 Å². The van der Waals surface area contributed by atoms with E-state index in [9.17, 15) is 9.50 Å². The summed E-state index contributed by atoms with van der Waals surface area (Å²) in [5.41, 5.74) is 3.19. The number of nitrogens with zero attached hydrogens (tertiary/aromatic N) is 5. The topological polar surface area (TPSA) is 89.5 Å². The fourth-order valence-electron chi connectivity index (χ4n) is 4.07. The smallest absolute Gasteiger partial charge is 0.299 e. The molecule has 0 fully saturated rings. The number of aromatic hydroxyl groups is 1. The van der Waals surface area contributed by atoms with Gasteiger partial charge in [0, 0.05) is 34.7 Å². The van der Waals surface area contributed by atoms with Gasteiger partial charge in [-0.3, -0.25) is 4.57 Å². The number of hydrogen-bond acceptors (Lipinski definition) is 6. The first kappa shape index (κ1) is 22.3. The van der Waals surface area contributed by atoms with Crippen molar-refractivity contribution in [3.8, 4) is 22.9 Å². The highest BCUT2D eigenvalue weighted by atomic mass is 127. The molecule has 0 unspecified atom stereocenters. The summed E-state index contributed by atoms with van der Waals surface area (Å²) in [6.45, 7) is 12.4. The lowest BCUT2D eigenvalue weighted by Crippen LogP contribution is -2.26. The number of rotatable bonds is 5.